The number of carbonyl (C=O) groups is 3. The van der Waals surface area contributed by atoms with Gasteiger partial charge >= 0.3 is 5.97 Å². The normalized spacial score (nSPS) is 10.1. The molecule has 0 aliphatic rings. The summed E-state index contributed by atoms with van der Waals surface area (Å²) in [5, 5.41) is 8.31. The molecule has 0 fully saturated rings. The molecule has 8 heteroatoms. The highest BCUT2D eigenvalue weighted by molar-refractivity contribution is 7.80. The van der Waals surface area contributed by atoms with Crippen molar-refractivity contribution in [3.63, 3.8) is 0 Å². The first kappa shape index (κ1) is 21.0. The van der Waals surface area contributed by atoms with Crippen LogP contribution in [0.2, 0.25) is 0 Å². The van der Waals surface area contributed by atoms with Gasteiger partial charge in [-0.15, -0.1) is 0 Å². The van der Waals surface area contributed by atoms with Gasteiger partial charge in [0.15, 0.2) is 5.11 Å². The predicted molar refractivity (Wildman–Crippen MR) is 111 cm³/mol. The largest absolute Gasteiger partial charge is 0.465 e. The Bertz CT molecular complexity index is 912. The Morgan fingerprint density at radius 1 is 0.929 bits per heavy atom. The average molecular weight is 399 g/mol. The van der Waals surface area contributed by atoms with Crippen LogP contribution >= 0.6 is 12.2 Å². The SMILES string of the molecule is COC(=O)c1cccc(C(=O)NC(=S)Nc2cccc(NC(=O)C(C)C)c2)c1. The van der Waals surface area contributed by atoms with Crippen molar-refractivity contribution in [2.45, 2.75) is 13.8 Å². The second-order valence-electron chi connectivity index (χ2n) is 6.21. The third kappa shape index (κ3) is 5.88. The fraction of sp³-hybridized carbons (Fsp3) is 0.200. The number of ether oxygens (including phenoxy) is 1. The molecule has 0 aliphatic heterocycles. The maximum Gasteiger partial charge on any atom is 0.337 e. The molecule has 0 bridgehead atoms. The monoisotopic (exact) mass is 399 g/mol. The van der Waals surface area contributed by atoms with Gasteiger partial charge in [-0.3, -0.25) is 14.9 Å². The van der Waals surface area contributed by atoms with Gasteiger partial charge in [-0.05, 0) is 48.6 Å². The molecule has 2 aromatic rings. The number of nitrogens with one attached hydrogen (secondary N) is 3. The molecule has 28 heavy (non-hydrogen) atoms. The number of hydrogen-bond acceptors (Lipinski definition) is 5. The predicted octanol–water partition coefficient (Wildman–Crippen LogP) is 3.19. The van der Waals surface area contributed by atoms with Crippen LogP contribution in [0.3, 0.4) is 0 Å². The molecule has 0 saturated carbocycles. The Balaban J connectivity index is 2.01. The van der Waals surface area contributed by atoms with Crippen LogP contribution in [0.5, 0.6) is 0 Å². The fourth-order valence-corrected chi connectivity index (χ4v) is 2.41. The van der Waals surface area contributed by atoms with Gasteiger partial charge in [-0.25, -0.2) is 4.79 Å². The van der Waals surface area contributed by atoms with Crippen molar-refractivity contribution >= 4 is 46.5 Å². The topological polar surface area (TPSA) is 96.5 Å². The molecule has 0 saturated heterocycles. The summed E-state index contributed by atoms with van der Waals surface area (Å²) in [5.74, 6) is -1.24. The highest BCUT2D eigenvalue weighted by atomic mass is 32.1. The van der Waals surface area contributed by atoms with E-state index in [2.05, 4.69) is 20.7 Å². The lowest BCUT2D eigenvalue weighted by Crippen LogP contribution is -2.34. The molecular formula is C20H21N3O4S. The lowest BCUT2D eigenvalue weighted by atomic mass is 10.1. The van der Waals surface area contributed by atoms with Crippen LogP contribution in [-0.2, 0) is 9.53 Å². The van der Waals surface area contributed by atoms with Crippen molar-refractivity contribution in [1.29, 1.82) is 0 Å². The lowest BCUT2D eigenvalue weighted by molar-refractivity contribution is -0.118. The standard InChI is InChI=1S/C20H21N3O4S/c1-12(2)17(24)21-15-8-5-9-16(11-15)22-20(28)23-18(25)13-6-4-7-14(10-13)19(26)27-3/h4-12H,1-3H3,(H,21,24)(H2,22,23,25,28). The number of benzene rings is 2. The van der Waals surface area contributed by atoms with Gasteiger partial charge in [-0.2, -0.15) is 0 Å². The summed E-state index contributed by atoms with van der Waals surface area (Å²) in [6, 6.07) is 13.1. The molecule has 0 aliphatic carbocycles. The van der Waals surface area contributed by atoms with Crippen LogP contribution < -0.4 is 16.0 Å². The molecule has 2 amide bonds. The van der Waals surface area contributed by atoms with E-state index in [1.165, 1.54) is 13.2 Å². The zero-order chi connectivity index (χ0) is 20.7. The van der Waals surface area contributed by atoms with E-state index in [1.807, 2.05) is 0 Å². The second kappa shape index (κ2) is 9.61. The van der Waals surface area contributed by atoms with Crippen LogP contribution in [0.15, 0.2) is 48.5 Å². The van der Waals surface area contributed by atoms with E-state index in [0.717, 1.165) is 0 Å². The number of esters is 1. The first-order chi connectivity index (χ1) is 13.3. The van der Waals surface area contributed by atoms with Crippen molar-refractivity contribution < 1.29 is 19.1 Å². The first-order valence-corrected chi connectivity index (χ1v) is 8.92. The first-order valence-electron chi connectivity index (χ1n) is 8.51. The minimum Gasteiger partial charge on any atom is -0.465 e. The average Bonchev–Trinajstić information content (AvgIpc) is 2.67. The summed E-state index contributed by atoms with van der Waals surface area (Å²) in [6.07, 6.45) is 0. The smallest absolute Gasteiger partial charge is 0.337 e. The molecule has 0 heterocycles. The van der Waals surface area contributed by atoms with Gasteiger partial charge in [0.25, 0.3) is 5.91 Å². The van der Waals surface area contributed by atoms with Gasteiger partial charge in [0.1, 0.15) is 0 Å². The highest BCUT2D eigenvalue weighted by Gasteiger charge is 2.12. The number of amides is 2. The van der Waals surface area contributed by atoms with E-state index in [-0.39, 0.29) is 28.1 Å². The molecule has 7 nitrogen and oxygen atoms in total. The third-order valence-corrected chi connectivity index (χ3v) is 3.89. The quantitative estimate of drug-likeness (QED) is 0.528. The van der Waals surface area contributed by atoms with Crippen molar-refractivity contribution in [1.82, 2.24) is 5.32 Å². The minimum atomic E-state index is -0.532. The number of thiocarbonyl (C=S) groups is 1. The molecule has 0 unspecified atom stereocenters. The molecule has 2 rings (SSSR count). The molecule has 0 aromatic heterocycles. The molecule has 0 radical (unpaired) electrons. The molecule has 2 aromatic carbocycles. The summed E-state index contributed by atoms with van der Waals surface area (Å²) in [7, 11) is 1.27. The molecule has 146 valence electrons. The fourth-order valence-electron chi connectivity index (χ4n) is 2.20. The summed E-state index contributed by atoms with van der Waals surface area (Å²) in [4.78, 5) is 35.7. The number of anilines is 2. The van der Waals surface area contributed by atoms with Crippen LogP contribution in [-0.4, -0.2) is 30.0 Å². The minimum absolute atomic E-state index is 0.0841. The summed E-state index contributed by atoms with van der Waals surface area (Å²) >= 11 is 5.17. The van der Waals surface area contributed by atoms with Crippen molar-refractivity contribution in [3.05, 3.63) is 59.7 Å². The maximum absolute atomic E-state index is 12.3. The van der Waals surface area contributed by atoms with E-state index in [1.54, 1.807) is 56.3 Å². The zero-order valence-corrected chi connectivity index (χ0v) is 16.6. The molecule has 0 spiro atoms. The lowest BCUT2D eigenvalue weighted by Gasteiger charge is -2.12. The van der Waals surface area contributed by atoms with Crippen LogP contribution in [0.25, 0.3) is 0 Å². The summed E-state index contributed by atoms with van der Waals surface area (Å²) in [6.45, 7) is 3.61. The van der Waals surface area contributed by atoms with E-state index >= 15 is 0 Å². The van der Waals surface area contributed by atoms with E-state index in [9.17, 15) is 14.4 Å². The Morgan fingerprint density at radius 2 is 1.54 bits per heavy atom. The number of rotatable bonds is 5. The summed E-state index contributed by atoms with van der Waals surface area (Å²) in [5.41, 5.74) is 1.76. The number of hydrogen-bond donors (Lipinski definition) is 3. The Kier molecular flexibility index (Phi) is 7.22. The van der Waals surface area contributed by atoms with Crippen LogP contribution in [0, 0.1) is 5.92 Å². The number of carbonyl (C=O) groups excluding carboxylic acids is 3. The van der Waals surface area contributed by atoms with E-state index in [4.69, 9.17) is 12.2 Å². The Labute approximate surface area is 168 Å². The van der Waals surface area contributed by atoms with Crippen molar-refractivity contribution in [3.8, 4) is 0 Å². The Hall–Kier alpha value is -3.26. The van der Waals surface area contributed by atoms with E-state index in [0.29, 0.717) is 11.4 Å². The van der Waals surface area contributed by atoms with Gasteiger partial charge in [0.2, 0.25) is 5.91 Å². The van der Waals surface area contributed by atoms with Crippen LogP contribution in [0.4, 0.5) is 11.4 Å². The van der Waals surface area contributed by atoms with Crippen molar-refractivity contribution in [2.24, 2.45) is 5.92 Å². The number of methoxy groups -OCH3 is 1. The highest BCUT2D eigenvalue weighted by Crippen LogP contribution is 2.16. The van der Waals surface area contributed by atoms with Gasteiger partial charge < -0.3 is 15.4 Å². The molecule has 3 N–H and O–H groups in total. The zero-order valence-electron chi connectivity index (χ0n) is 15.7. The van der Waals surface area contributed by atoms with Gasteiger partial charge in [0, 0.05) is 22.9 Å². The maximum atomic E-state index is 12.3. The third-order valence-electron chi connectivity index (χ3n) is 3.69. The Morgan fingerprint density at radius 3 is 2.18 bits per heavy atom. The van der Waals surface area contributed by atoms with E-state index < -0.39 is 11.9 Å². The van der Waals surface area contributed by atoms with Gasteiger partial charge in [0.05, 0.1) is 12.7 Å². The second-order valence-corrected chi connectivity index (χ2v) is 6.61. The van der Waals surface area contributed by atoms with Gasteiger partial charge in [-0.1, -0.05) is 26.0 Å². The van der Waals surface area contributed by atoms with Crippen LogP contribution in [0.1, 0.15) is 34.6 Å². The summed E-state index contributed by atoms with van der Waals surface area (Å²) < 4.78 is 4.65. The molecular weight excluding hydrogens is 378 g/mol. The van der Waals surface area contributed by atoms with Crippen molar-refractivity contribution in [2.75, 3.05) is 17.7 Å². The molecule has 0 atom stereocenters.